The fourth-order valence-electron chi connectivity index (χ4n) is 2.35. The summed E-state index contributed by atoms with van der Waals surface area (Å²) in [7, 11) is 1.71. The van der Waals surface area contributed by atoms with Crippen molar-refractivity contribution in [2.45, 2.75) is 52.4 Å². The van der Waals surface area contributed by atoms with E-state index >= 15 is 0 Å². The van der Waals surface area contributed by atoms with Gasteiger partial charge in [0.1, 0.15) is 11.9 Å². The number of anilines is 1. The predicted octanol–water partition coefficient (Wildman–Crippen LogP) is 5.09. The molecule has 0 fully saturated rings. The second-order valence-corrected chi connectivity index (χ2v) is 5.89. The minimum atomic E-state index is -4.40. The molecule has 0 N–H and O–H groups in total. The molecule has 23 heavy (non-hydrogen) atoms. The highest BCUT2D eigenvalue weighted by atomic mass is 19.4. The predicted molar refractivity (Wildman–Crippen MR) is 86.7 cm³/mol. The van der Waals surface area contributed by atoms with Gasteiger partial charge in [0.2, 0.25) is 0 Å². The third kappa shape index (κ3) is 5.22. The van der Waals surface area contributed by atoms with E-state index in [4.69, 9.17) is 0 Å². The van der Waals surface area contributed by atoms with E-state index in [-0.39, 0.29) is 5.82 Å². The normalized spacial score (nSPS) is 16.8. The van der Waals surface area contributed by atoms with Crippen LogP contribution in [0.5, 0.6) is 0 Å². The highest BCUT2D eigenvalue weighted by Gasteiger charge is 2.45. The molecule has 0 saturated heterocycles. The lowest BCUT2D eigenvalue weighted by molar-refractivity contribution is -0.158. The third-order valence-electron chi connectivity index (χ3n) is 4.31. The highest BCUT2D eigenvalue weighted by Crippen LogP contribution is 2.33. The van der Waals surface area contributed by atoms with Crippen LogP contribution in [-0.2, 0) is 0 Å². The van der Waals surface area contributed by atoms with E-state index in [0.717, 1.165) is 0 Å². The molecule has 1 aromatic rings. The lowest BCUT2D eigenvalue weighted by Gasteiger charge is -2.35. The Morgan fingerprint density at radius 2 is 1.70 bits per heavy atom. The maximum Gasteiger partial charge on any atom is 0.411 e. The third-order valence-corrected chi connectivity index (χ3v) is 4.31. The molecule has 0 saturated carbocycles. The van der Waals surface area contributed by atoms with Gasteiger partial charge in [0.15, 0.2) is 0 Å². The molecule has 0 aliphatic rings. The van der Waals surface area contributed by atoms with E-state index in [0.29, 0.717) is 17.8 Å². The molecule has 1 aromatic carbocycles. The van der Waals surface area contributed by atoms with Crippen LogP contribution in [0.15, 0.2) is 29.3 Å². The van der Waals surface area contributed by atoms with Gasteiger partial charge in [0.05, 0.1) is 0 Å². The fourth-order valence-corrected chi connectivity index (χ4v) is 2.35. The van der Waals surface area contributed by atoms with E-state index in [1.54, 1.807) is 51.8 Å². The van der Waals surface area contributed by atoms with Gasteiger partial charge in [-0.15, -0.1) is 0 Å². The van der Waals surface area contributed by atoms with Crippen LogP contribution in [0, 0.1) is 11.7 Å². The second kappa shape index (κ2) is 7.79. The molecule has 0 heterocycles. The van der Waals surface area contributed by atoms with Crippen LogP contribution in [-0.4, -0.2) is 31.0 Å². The van der Waals surface area contributed by atoms with Crippen LogP contribution in [0.4, 0.5) is 23.2 Å². The molecule has 130 valence electrons. The lowest BCUT2D eigenvalue weighted by Crippen LogP contribution is -2.45. The Morgan fingerprint density at radius 1 is 1.17 bits per heavy atom. The van der Waals surface area contributed by atoms with Gasteiger partial charge in [0.25, 0.3) is 0 Å². The van der Waals surface area contributed by atoms with Crippen LogP contribution in [0.2, 0.25) is 0 Å². The number of hydrogen-bond donors (Lipinski definition) is 0. The molecule has 2 nitrogen and oxygen atoms in total. The quantitative estimate of drug-likeness (QED) is 0.523. The van der Waals surface area contributed by atoms with Crippen LogP contribution in [0.25, 0.3) is 0 Å². The first kappa shape index (κ1) is 19.5. The lowest BCUT2D eigenvalue weighted by atomic mass is 9.93. The monoisotopic (exact) mass is 332 g/mol. The summed E-state index contributed by atoms with van der Waals surface area (Å²) >= 11 is 0. The first-order valence-corrected chi connectivity index (χ1v) is 7.66. The molecule has 3 unspecified atom stereocenters. The Labute approximate surface area is 135 Å². The zero-order valence-electron chi connectivity index (χ0n) is 14.2. The number of rotatable bonds is 6. The summed E-state index contributed by atoms with van der Waals surface area (Å²) < 4.78 is 53.1. The van der Waals surface area contributed by atoms with Crippen molar-refractivity contribution in [3.05, 3.63) is 30.1 Å². The Kier molecular flexibility index (Phi) is 6.59. The van der Waals surface area contributed by atoms with Crippen LogP contribution < -0.4 is 4.90 Å². The molecule has 1 rings (SSSR count). The number of nitrogens with zero attached hydrogens (tertiary/aromatic N) is 2. The average molecular weight is 332 g/mol. The van der Waals surface area contributed by atoms with E-state index in [1.165, 1.54) is 12.1 Å². The van der Waals surface area contributed by atoms with E-state index in [1.807, 2.05) is 0 Å². The van der Waals surface area contributed by atoms with Crippen molar-refractivity contribution in [1.29, 1.82) is 0 Å². The van der Waals surface area contributed by atoms with Crippen molar-refractivity contribution >= 4 is 11.4 Å². The zero-order chi connectivity index (χ0) is 17.8. The van der Waals surface area contributed by atoms with E-state index < -0.39 is 24.2 Å². The molecule has 0 amide bonds. The van der Waals surface area contributed by atoms with Gasteiger partial charge in [-0.25, -0.2) is 4.39 Å². The summed E-state index contributed by atoms with van der Waals surface area (Å²) in [4.78, 5) is 5.60. The summed E-state index contributed by atoms with van der Waals surface area (Å²) in [5.41, 5.74) is 1.15. The van der Waals surface area contributed by atoms with Gasteiger partial charge < -0.3 is 4.90 Å². The standard InChI is InChI=1S/C17H24F4N2/c1-6-11(2)22-16(17(19,20)21)12(3)13(4)23(5)15-9-7-14(18)8-10-15/h7-10,12-13,16H,6H2,1-5H3. The highest BCUT2D eigenvalue weighted by molar-refractivity contribution is 5.81. The van der Waals surface area contributed by atoms with Gasteiger partial charge in [-0.1, -0.05) is 13.8 Å². The number of halogens is 4. The molecular weight excluding hydrogens is 308 g/mol. The Balaban J connectivity index is 3.02. The van der Waals surface area contributed by atoms with Crippen molar-refractivity contribution in [1.82, 2.24) is 0 Å². The summed E-state index contributed by atoms with van der Waals surface area (Å²) in [6.45, 7) is 6.67. The van der Waals surface area contributed by atoms with Crippen molar-refractivity contribution in [3.63, 3.8) is 0 Å². The van der Waals surface area contributed by atoms with Crippen molar-refractivity contribution in [3.8, 4) is 0 Å². The minimum absolute atomic E-state index is 0.376. The van der Waals surface area contributed by atoms with Crippen molar-refractivity contribution in [2.75, 3.05) is 11.9 Å². The van der Waals surface area contributed by atoms with Gasteiger partial charge in [-0.05, 0) is 44.5 Å². The minimum Gasteiger partial charge on any atom is -0.372 e. The second-order valence-electron chi connectivity index (χ2n) is 5.89. The average Bonchev–Trinajstić information content (AvgIpc) is 2.49. The van der Waals surface area contributed by atoms with E-state index in [9.17, 15) is 17.6 Å². The first-order chi connectivity index (χ1) is 10.6. The fraction of sp³-hybridized carbons (Fsp3) is 0.588. The molecule has 0 aliphatic carbocycles. The van der Waals surface area contributed by atoms with Gasteiger partial charge in [-0.2, -0.15) is 13.2 Å². The van der Waals surface area contributed by atoms with Gasteiger partial charge in [-0.3, -0.25) is 4.99 Å². The Hall–Kier alpha value is -1.59. The molecule has 0 radical (unpaired) electrons. The van der Waals surface area contributed by atoms with Gasteiger partial charge in [0, 0.05) is 30.4 Å². The molecule has 6 heteroatoms. The number of hydrogen-bond acceptors (Lipinski definition) is 2. The summed E-state index contributed by atoms with van der Waals surface area (Å²) in [6.07, 6.45) is -3.91. The number of alkyl halides is 3. The Bertz CT molecular complexity index is 522. The molecule has 0 spiro atoms. The smallest absolute Gasteiger partial charge is 0.372 e. The molecule has 0 aliphatic heterocycles. The summed E-state index contributed by atoms with van der Waals surface area (Å²) in [6, 6.07) is 3.54. The summed E-state index contributed by atoms with van der Waals surface area (Å²) in [5, 5.41) is 0. The van der Waals surface area contributed by atoms with Crippen LogP contribution >= 0.6 is 0 Å². The van der Waals surface area contributed by atoms with Crippen LogP contribution in [0.3, 0.4) is 0 Å². The largest absolute Gasteiger partial charge is 0.411 e. The van der Waals surface area contributed by atoms with E-state index in [2.05, 4.69) is 4.99 Å². The van der Waals surface area contributed by atoms with Crippen LogP contribution in [0.1, 0.15) is 34.1 Å². The SMILES string of the molecule is CCC(C)=NC(C(C)C(C)N(C)c1ccc(F)cc1)C(F)(F)F. The van der Waals surface area contributed by atoms with Gasteiger partial charge >= 0.3 is 6.18 Å². The zero-order valence-corrected chi connectivity index (χ0v) is 14.2. The molecule has 0 bridgehead atoms. The topological polar surface area (TPSA) is 15.6 Å². The maximum atomic E-state index is 13.4. The van der Waals surface area contributed by atoms with Crippen molar-refractivity contribution in [2.24, 2.45) is 10.9 Å². The molecular formula is C17H24F4N2. The summed E-state index contributed by atoms with van der Waals surface area (Å²) in [5.74, 6) is -1.12. The molecule has 0 aromatic heterocycles. The maximum absolute atomic E-state index is 13.4. The molecule has 3 atom stereocenters. The Morgan fingerprint density at radius 3 is 2.13 bits per heavy atom. The first-order valence-electron chi connectivity index (χ1n) is 7.66. The number of benzene rings is 1. The van der Waals surface area contributed by atoms with Crippen molar-refractivity contribution < 1.29 is 17.6 Å². The number of aliphatic imine (C=N–C) groups is 1.